The Morgan fingerprint density at radius 2 is 2.14 bits per heavy atom. The summed E-state index contributed by atoms with van der Waals surface area (Å²) < 4.78 is 5.18. The number of nitro groups is 1. The van der Waals surface area contributed by atoms with Crippen LogP contribution in [0.2, 0.25) is 0 Å². The third kappa shape index (κ3) is 3.01. The topological polar surface area (TPSA) is 105 Å². The van der Waals surface area contributed by atoms with Crippen LogP contribution in [-0.2, 0) is 9.53 Å². The summed E-state index contributed by atoms with van der Waals surface area (Å²) in [7, 11) is 0. The number of anilines is 1. The Labute approximate surface area is 121 Å². The number of nitriles is 1. The lowest BCUT2D eigenvalue weighted by Crippen LogP contribution is -2.39. The molecule has 1 saturated heterocycles. The van der Waals surface area contributed by atoms with Gasteiger partial charge in [0.25, 0.3) is 5.69 Å². The number of aryl methyl sites for hydroxylation is 1. The molecule has 0 spiro atoms. The van der Waals surface area contributed by atoms with Gasteiger partial charge < -0.3 is 10.1 Å². The summed E-state index contributed by atoms with van der Waals surface area (Å²) in [5.41, 5.74) is -0.192. The molecule has 1 heterocycles. The van der Waals surface area contributed by atoms with Crippen LogP contribution in [0.25, 0.3) is 0 Å². The highest BCUT2D eigenvalue weighted by Crippen LogP contribution is 2.31. The molecule has 1 aromatic rings. The summed E-state index contributed by atoms with van der Waals surface area (Å²) in [5.74, 6) is -0.387. The fourth-order valence-electron chi connectivity index (χ4n) is 2.30. The van der Waals surface area contributed by atoms with Gasteiger partial charge in [0.15, 0.2) is 0 Å². The second-order valence-electron chi connectivity index (χ2n) is 5.02. The van der Waals surface area contributed by atoms with E-state index in [-0.39, 0.29) is 11.6 Å². The van der Waals surface area contributed by atoms with Crippen LogP contribution in [-0.4, -0.2) is 24.0 Å². The third-order valence-corrected chi connectivity index (χ3v) is 3.65. The lowest BCUT2D eigenvalue weighted by Gasteiger charge is -2.29. The fraction of sp³-hybridized carbons (Fsp3) is 0.429. The average molecular weight is 289 g/mol. The number of hydrogen-bond acceptors (Lipinski definition) is 5. The molecule has 110 valence electrons. The fourth-order valence-corrected chi connectivity index (χ4v) is 2.30. The highest BCUT2D eigenvalue weighted by Gasteiger charge is 2.40. The van der Waals surface area contributed by atoms with E-state index in [0.717, 1.165) is 0 Å². The molecular weight excluding hydrogens is 274 g/mol. The van der Waals surface area contributed by atoms with Crippen molar-refractivity contribution in [2.45, 2.75) is 19.8 Å². The van der Waals surface area contributed by atoms with Gasteiger partial charge in [0.2, 0.25) is 5.91 Å². The SMILES string of the molecule is Cc1cc(NC(=O)C2(C#N)CCOCC2)ccc1[N+](=O)[O-]. The maximum atomic E-state index is 12.3. The molecule has 0 atom stereocenters. The molecule has 0 unspecified atom stereocenters. The van der Waals surface area contributed by atoms with Gasteiger partial charge in [-0.2, -0.15) is 5.26 Å². The van der Waals surface area contributed by atoms with Crippen LogP contribution < -0.4 is 5.32 Å². The molecule has 1 aliphatic rings. The quantitative estimate of drug-likeness (QED) is 0.678. The molecule has 1 aliphatic heterocycles. The summed E-state index contributed by atoms with van der Waals surface area (Å²) >= 11 is 0. The number of nitrogens with one attached hydrogen (secondary N) is 1. The molecule has 7 nitrogen and oxygen atoms in total. The number of carbonyl (C=O) groups excluding carboxylic acids is 1. The van der Waals surface area contributed by atoms with Crippen molar-refractivity contribution in [2.24, 2.45) is 5.41 Å². The first kappa shape index (κ1) is 14.9. The van der Waals surface area contributed by atoms with Crippen molar-refractivity contribution in [3.8, 4) is 6.07 Å². The number of hydrogen-bond donors (Lipinski definition) is 1. The zero-order valence-corrected chi connectivity index (χ0v) is 11.6. The normalized spacial score (nSPS) is 16.8. The molecule has 0 aliphatic carbocycles. The number of benzene rings is 1. The van der Waals surface area contributed by atoms with Crippen molar-refractivity contribution in [2.75, 3.05) is 18.5 Å². The molecule has 2 rings (SSSR count). The lowest BCUT2D eigenvalue weighted by atomic mass is 9.81. The largest absolute Gasteiger partial charge is 0.381 e. The average Bonchev–Trinajstić information content (AvgIpc) is 2.47. The van der Waals surface area contributed by atoms with E-state index in [1.807, 2.05) is 0 Å². The number of carbonyl (C=O) groups is 1. The first-order chi connectivity index (χ1) is 9.98. The highest BCUT2D eigenvalue weighted by atomic mass is 16.6. The van der Waals surface area contributed by atoms with E-state index in [4.69, 9.17) is 4.74 Å². The van der Waals surface area contributed by atoms with Crippen LogP contribution >= 0.6 is 0 Å². The first-order valence-electron chi connectivity index (χ1n) is 6.54. The summed E-state index contributed by atoms with van der Waals surface area (Å²) in [6.07, 6.45) is 0.697. The van der Waals surface area contributed by atoms with Crippen LogP contribution in [0.1, 0.15) is 18.4 Å². The monoisotopic (exact) mass is 289 g/mol. The summed E-state index contributed by atoms with van der Waals surface area (Å²) in [5, 5.41) is 22.7. The van der Waals surface area contributed by atoms with Gasteiger partial charge in [0, 0.05) is 30.5 Å². The van der Waals surface area contributed by atoms with Gasteiger partial charge in [-0.25, -0.2) is 0 Å². The Hall–Kier alpha value is -2.46. The summed E-state index contributed by atoms with van der Waals surface area (Å²) in [6, 6.07) is 6.42. The molecule has 21 heavy (non-hydrogen) atoms. The van der Waals surface area contributed by atoms with E-state index >= 15 is 0 Å². The number of ether oxygens (including phenoxy) is 1. The van der Waals surface area contributed by atoms with E-state index in [0.29, 0.717) is 37.3 Å². The van der Waals surface area contributed by atoms with Crippen LogP contribution in [0.4, 0.5) is 11.4 Å². The van der Waals surface area contributed by atoms with Gasteiger partial charge in [-0.05, 0) is 31.9 Å². The summed E-state index contributed by atoms with van der Waals surface area (Å²) in [6.45, 7) is 2.35. The molecule has 0 bridgehead atoms. The van der Waals surface area contributed by atoms with Gasteiger partial charge >= 0.3 is 0 Å². The minimum Gasteiger partial charge on any atom is -0.381 e. The molecule has 1 N–H and O–H groups in total. The van der Waals surface area contributed by atoms with E-state index in [9.17, 15) is 20.2 Å². The Morgan fingerprint density at radius 1 is 1.48 bits per heavy atom. The van der Waals surface area contributed by atoms with E-state index in [1.165, 1.54) is 18.2 Å². The van der Waals surface area contributed by atoms with Crippen LogP contribution in [0.5, 0.6) is 0 Å². The van der Waals surface area contributed by atoms with Gasteiger partial charge in [0.05, 0.1) is 11.0 Å². The molecule has 0 aromatic heterocycles. The Balaban J connectivity index is 2.18. The minimum absolute atomic E-state index is 0.00550. The Morgan fingerprint density at radius 3 is 2.67 bits per heavy atom. The molecule has 0 radical (unpaired) electrons. The Kier molecular flexibility index (Phi) is 4.19. The van der Waals surface area contributed by atoms with Crippen molar-refractivity contribution >= 4 is 17.3 Å². The molecular formula is C14H15N3O4. The van der Waals surface area contributed by atoms with Crippen molar-refractivity contribution in [3.05, 3.63) is 33.9 Å². The number of rotatable bonds is 3. The molecule has 1 fully saturated rings. The number of amides is 1. The van der Waals surface area contributed by atoms with Crippen LogP contribution in [0.3, 0.4) is 0 Å². The van der Waals surface area contributed by atoms with Crippen molar-refractivity contribution in [3.63, 3.8) is 0 Å². The zero-order valence-electron chi connectivity index (χ0n) is 11.6. The van der Waals surface area contributed by atoms with Gasteiger partial charge in [0.1, 0.15) is 5.41 Å². The van der Waals surface area contributed by atoms with Gasteiger partial charge in [-0.15, -0.1) is 0 Å². The van der Waals surface area contributed by atoms with Gasteiger partial charge in [-0.1, -0.05) is 0 Å². The van der Waals surface area contributed by atoms with E-state index < -0.39 is 10.3 Å². The maximum absolute atomic E-state index is 12.3. The van der Waals surface area contributed by atoms with Crippen molar-refractivity contribution in [1.82, 2.24) is 0 Å². The lowest BCUT2D eigenvalue weighted by molar-refractivity contribution is -0.385. The van der Waals surface area contributed by atoms with Crippen LogP contribution in [0, 0.1) is 33.8 Å². The number of nitrogens with zero attached hydrogens (tertiary/aromatic N) is 2. The smallest absolute Gasteiger partial charge is 0.272 e. The molecule has 1 amide bonds. The minimum atomic E-state index is -1.09. The first-order valence-corrected chi connectivity index (χ1v) is 6.54. The van der Waals surface area contributed by atoms with Crippen molar-refractivity contribution in [1.29, 1.82) is 5.26 Å². The second kappa shape index (κ2) is 5.89. The van der Waals surface area contributed by atoms with E-state index in [1.54, 1.807) is 6.92 Å². The third-order valence-electron chi connectivity index (χ3n) is 3.65. The maximum Gasteiger partial charge on any atom is 0.272 e. The molecule has 7 heteroatoms. The molecule has 0 saturated carbocycles. The summed E-state index contributed by atoms with van der Waals surface area (Å²) in [4.78, 5) is 22.6. The van der Waals surface area contributed by atoms with Crippen LogP contribution in [0.15, 0.2) is 18.2 Å². The highest BCUT2D eigenvalue weighted by molar-refractivity contribution is 5.97. The van der Waals surface area contributed by atoms with E-state index in [2.05, 4.69) is 11.4 Å². The predicted molar refractivity (Wildman–Crippen MR) is 74.6 cm³/mol. The van der Waals surface area contributed by atoms with Crippen molar-refractivity contribution < 1.29 is 14.5 Å². The number of nitro benzene ring substituents is 1. The second-order valence-corrected chi connectivity index (χ2v) is 5.02. The standard InChI is InChI=1S/C14H15N3O4/c1-10-8-11(2-3-12(10)17(19)20)16-13(18)14(9-15)4-6-21-7-5-14/h2-3,8H,4-7H2,1H3,(H,16,18). The zero-order chi connectivity index (χ0) is 15.5. The van der Waals surface area contributed by atoms with Gasteiger partial charge in [-0.3, -0.25) is 14.9 Å². The predicted octanol–water partition coefficient (Wildman–Crippen LogP) is 2.16. The molecule has 1 aromatic carbocycles. The Bertz CT molecular complexity index is 615.